The monoisotopic (exact) mass is 400 g/mol. The van der Waals surface area contributed by atoms with Crippen LogP contribution >= 0.6 is 0 Å². The Morgan fingerprint density at radius 1 is 1.41 bits per heavy atom. The minimum absolute atomic E-state index is 0.0843. The average Bonchev–Trinajstić information content (AvgIpc) is 2.88. The highest BCUT2D eigenvalue weighted by atomic mass is 16.5. The predicted octanol–water partition coefficient (Wildman–Crippen LogP) is 2.53. The summed E-state index contributed by atoms with van der Waals surface area (Å²) < 4.78 is 11.9. The molecule has 6 nitrogen and oxygen atoms in total. The molecule has 0 bridgehead atoms. The lowest BCUT2D eigenvalue weighted by atomic mass is 9.69. The van der Waals surface area contributed by atoms with E-state index in [1.54, 1.807) is 7.11 Å². The topological polar surface area (TPSA) is 71.0 Å². The lowest BCUT2D eigenvalue weighted by molar-refractivity contribution is -0.122. The van der Waals surface area contributed by atoms with Crippen LogP contribution in [0.4, 0.5) is 0 Å². The number of rotatable bonds is 4. The second-order valence-corrected chi connectivity index (χ2v) is 9.51. The Balaban J connectivity index is 1.60. The van der Waals surface area contributed by atoms with Crippen LogP contribution in [0.1, 0.15) is 51.2 Å². The quantitative estimate of drug-likeness (QED) is 0.760. The summed E-state index contributed by atoms with van der Waals surface area (Å²) in [5.41, 5.74) is 1.97. The predicted molar refractivity (Wildman–Crippen MR) is 111 cm³/mol. The number of nitrogens with zero attached hydrogens (tertiary/aromatic N) is 1. The zero-order valence-electron chi connectivity index (χ0n) is 17.8. The van der Waals surface area contributed by atoms with Gasteiger partial charge in [-0.05, 0) is 45.4 Å². The molecule has 0 radical (unpaired) electrons. The van der Waals surface area contributed by atoms with Crippen LogP contribution in [-0.4, -0.2) is 53.9 Å². The molecule has 29 heavy (non-hydrogen) atoms. The Labute approximate surface area is 172 Å². The summed E-state index contributed by atoms with van der Waals surface area (Å²) in [6, 6.07) is 4.09. The maximum absolute atomic E-state index is 12.3. The van der Waals surface area contributed by atoms with Crippen molar-refractivity contribution in [1.82, 2.24) is 10.2 Å². The highest BCUT2D eigenvalue weighted by molar-refractivity contribution is 5.76. The molecule has 0 saturated carbocycles. The van der Waals surface area contributed by atoms with Gasteiger partial charge in [-0.3, -0.25) is 9.69 Å². The summed E-state index contributed by atoms with van der Waals surface area (Å²) >= 11 is 0. The zero-order chi connectivity index (χ0) is 20.8. The molecule has 2 N–H and O–H groups in total. The number of ether oxygens (including phenoxy) is 2. The van der Waals surface area contributed by atoms with Crippen molar-refractivity contribution in [2.45, 2.75) is 69.7 Å². The number of carbonyl (C=O) groups is 1. The highest BCUT2D eigenvalue weighted by Gasteiger charge is 2.52. The molecule has 0 aromatic heterocycles. The third-order valence-corrected chi connectivity index (χ3v) is 6.20. The van der Waals surface area contributed by atoms with Crippen LogP contribution in [0.2, 0.25) is 0 Å². The fourth-order valence-electron chi connectivity index (χ4n) is 4.93. The van der Waals surface area contributed by atoms with Gasteiger partial charge >= 0.3 is 0 Å². The maximum Gasteiger partial charge on any atom is 0.221 e. The minimum Gasteiger partial charge on any atom is -0.493 e. The Morgan fingerprint density at radius 2 is 2.21 bits per heavy atom. The summed E-state index contributed by atoms with van der Waals surface area (Å²) in [7, 11) is 1.66. The SMILES string of the molecule is COc1ccc2c3c1OC1CC(O)C=CC31CCN(CCC(=O)NC(C)(C)C)C2. The Kier molecular flexibility index (Phi) is 5.11. The van der Waals surface area contributed by atoms with Crippen molar-refractivity contribution in [3.05, 3.63) is 35.4 Å². The molecule has 158 valence electrons. The number of benzene rings is 1. The van der Waals surface area contributed by atoms with E-state index in [9.17, 15) is 9.90 Å². The van der Waals surface area contributed by atoms with Crippen LogP contribution in [0.15, 0.2) is 24.3 Å². The van der Waals surface area contributed by atoms with Crippen LogP contribution in [0, 0.1) is 0 Å². The molecular formula is C23H32N2O4. The van der Waals surface area contributed by atoms with Gasteiger partial charge in [0, 0.05) is 37.0 Å². The van der Waals surface area contributed by atoms with Crippen molar-refractivity contribution in [2.24, 2.45) is 0 Å². The van der Waals surface area contributed by atoms with Gasteiger partial charge in [-0.2, -0.15) is 0 Å². The van der Waals surface area contributed by atoms with Crippen molar-refractivity contribution < 1.29 is 19.4 Å². The second-order valence-electron chi connectivity index (χ2n) is 9.51. The molecule has 6 heteroatoms. The third kappa shape index (κ3) is 3.76. The van der Waals surface area contributed by atoms with Crippen LogP contribution in [0.25, 0.3) is 0 Å². The fourth-order valence-corrected chi connectivity index (χ4v) is 4.93. The van der Waals surface area contributed by atoms with Crippen LogP contribution < -0.4 is 14.8 Å². The number of aliphatic hydroxyl groups excluding tert-OH is 1. The van der Waals surface area contributed by atoms with Crippen LogP contribution in [0.5, 0.6) is 11.5 Å². The first-order chi connectivity index (χ1) is 13.7. The Hall–Kier alpha value is -2.05. The number of hydrogen-bond acceptors (Lipinski definition) is 5. The number of amides is 1. The zero-order valence-corrected chi connectivity index (χ0v) is 17.8. The molecule has 3 atom stereocenters. The average molecular weight is 401 g/mol. The first-order valence-electron chi connectivity index (χ1n) is 10.5. The van der Waals surface area contributed by atoms with Gasteiger partial charge in [0.15, 0.2) is 11.5 Å². The minimum atomic E-state index is -0.477. The lowest BCUT2D eigenvalue weighted by Crippen LogP contribution is -2.43. The first kappa shape index (κ1) is 20.2. The second kappa shape index (κ2) is 7.33. The van der Waals surface area contributed by atoms with Gasteiger partial charge in [0.1, 0.15) is 6.10 Å². The molecule has 1 amide bonds. The van der Waals surface area contributed by atoms with E-state index in [1.807, 2.05) is 32.9 Å². The molecule has 1 aromatic carbocycles. The number of aliphatic hydroxyl groups is 1. The van der Waals surface area contributed by atoms with E-state index in [2.05, 4.69) is 22.4 Å². The van der Waals surface area contributed by atoms with Gasteiger partial charge in [-0.15, -0.1) is 0 Å². The van der Waals surface area contributed by atoms with Gasteiger partial charge in [0.25, 0.3) is 0 Å². The van der Waals surface area contributed by atoms with Gasteiger partial charge in [0.2, 0.25) is 5.91 Å². The van der Waals surface area contributed by atoms with Crippen molar-refractivity contribution >= 4 is 5.91 Å². The number of carbonyl (C=O) groups excluding carboxylic acids is 1. The normalized spacial score (nSPS) is 28.2. The van der Waals surface area contributed by atoms with E-state index in [4.69, 9.17) is 9.47 Å². The standard InChI is InChI=1S/C23H32N2O4/c1-22(2,3)24-19(27)8-11-25-12-10-23-9-7-16(26)13-18(23)29-21-17(28-4)6-5-15(14-25)20(21)23/h5-7,9,16,18,26H,8,10-14H2,1-4H3,(H,24,27). The van der Waals surface area contributed by atoms with E-state index >= 15 is 0 Å². The molecule has 1 aromatic rings. The Morgan fingerprint density at radius 3 is 2.93 bits per heavy atom. The van der Waals surface area contributed by atoms with E-state index in [0.29, 0.717) is 12.8 Å². The third-order valence-electron chi connectivity index (χ3n) is 6.20. The van der Waals surface area contributed by atoms with E-state index < -0.39 is 6.10 Å². The summed E-state index contributed by atoms with van der Waals surface area (Å²) in [5, 5.41) is 13.2. The molecule has 2 heterocycles. The molecule has 0 fully saturated rings. The summed E-state index contributed by atoms with van der Waals surface area (Å²) in [5.74, 6) is 1.65. The summed E-state index contributed by atoms with van der Waals surface area (Å²) in [6.45, 7) is 8.38. The van der Waals surface area contributed by atoms with Gasteiger partial charge in [-0.1, -0.05) is 18.2 Å². The molecule has 1 spiro atoms. The molecule has 3 aliphatic rings. The molecule has 0 saturated heterocycles. The van der Waals surface area contributed by atoms with Crippen LogP contribution in [-0.2, 0) is 16.8 Å². The summed E-state index contributed by atoms with van der Waals surface area (Å²) in [4.78, 5) is 14.7. The number of nitrogens with one attached hydrogen (secondary N) is 1. The fraction of sp³-hybridized carbons (Fsp3) is 0.609. The lowest BCUT2D eigenvalue weighted by Gasteiger charge is -2.36. The largest absolute Gasteiger partial charge is 0.493 e. The maximum atomic E-state index is 12.3. The number of hydrogen-bond donors (Lipinski definition) is 2. The molecule has 4 rings (SSSR count). The highest BCUT2D eigenvalue weighted by Crippen LogP contribution is 2.55. The van der Waals surface area contributed by atoms with Crippen molar-refractivity contribution in [3.63, 3.8) is 0 Å². The van der Waals surface area contributed by atoms with Crippen molar-refractivity contribution in [1.29, 1.82) is 0 Å². The van der Waals surface area contributed by atoms with Gasteiger partial charge in [0.05, 0.1) is 18.6 Å². The molecular weight excluding hydrogens is 368 g/mol. The first-order valence-corrected chi connectivity index (χ1v) is 10.5. The van der Waals surface area contributed by atoms with E-state index in [1.165, 1.54) is 11.1 Å². The van der Waals surface area contributed by atoms with Crippen molar-refractivity contribution in [2.75, 3.05) is 20.2 Å². The van der Waals surface area contributed by atoms with Crippen LogP contribution in [0.3, 0.4) is 0 Å². The van der Waals surface area contributed by atoms with E-state index in [-0.39, 0.29) is 23.0 Å². The summed E-state index contributed by atoms with van der Waals surface area (Å²) in [6.07, 6.45) is 5.46. The molecule has 3 unspecified atom stereocenters. The smallest absolute Gasteiger partial charge is 0.221 e. The molecule has 1 aliphatic carbocycles. The van der Waals surface area contributed by atoms with Gasteiger partial charge < -0.3 is 19.9 Å². The molecule has 2 aliphatic heterocycles. The van der Waals surface area contributed by atoms with Crippen molar-refractivity contribution in [3.8, 4) is 11.5 Å². The number of methoxy groups -OCH3 is 1. The Bertz CT molecular complexity index is 829. The van der Waals surface area contributed by atoms with Gasteiger partial charge in [-0.25, -0.2) is 0 Å². The van der Waals surface area contributed by atoms with E-state index in [0.717, 1.165) is 37.6 Å².